The number of nitrogens with two attached hydrogens (primary N) is 1. The molecule has 2 aromatic rings. The fraction of sp³-hybridized carbons (Fsp3) is 0.500. The van der Waals surface area contributed by atoms with Crippen molar-refractivity contribution >= 4 is 11.3 Å². The molecular formula is C12H18N4O2. The minimum Gasteiger partial charge on any atom is -0.394 e. The van der Waals surface area contributed by atoms with E-state index in [0.29, 0.717) is 5.82 Å². The van der Waals surface area contributed by atoms with Crippen LogP contribution in [0.2, 0.25) is 0 Å². The SMILES string of the molecule is COC(CO)CC(C)c1ccc2c(N)ncnn12. The van der Waals surface area contributed by atoms with Gasteiger partial charge in [0.25, 0.3) is 0 Å². The summed E-state index contributed by atoms with van der Waals surface area (Å²) >= 11 is 0. The van der Waals surface area contributed by atoms with Gasteiger partial charge in [0.05, 0.1) is 12.7 Å². The maximum absolute atomic E-state index is 9.15. The van der Waals surface area contributed by atoms with Crippen molar-refractivity contribution in [3.8, 4) is 0 Å². The van der Waals surface area contributed by atoms with Gasteiger partial charge >= 0.3 is 0 Å². The lowest BCUT2D eigenvalue weighted by atomic mass is 10.0. The molecule has 0 amide bonds. The van der Waals surface area contributed by atoms with E-state index < -0.39 is 0 Å². The Kier molecular flexibility index (Phi) is 3.78. The largest absolute Gasteiger partial charge is 0.394 e. The molecule has 3 N–H and O–H groups in total. The van der Waals surface area contributed by atoms with Crippen LogP contribution < -0.4 is 5.73 Å². The highest BCUT2D eigenvalue weighted by molar-refractivity contribution is 5.65. The van der Waals surface area contributed by atoms with Crippen molar-refractivity contribution in [2.75, 3.05) is 19.5 Å². The first kappa shape index (κ1) is 12.8. The van der Waals surface area contributed by atoms with Gasteiger partial charge in [-0.15, -0.1) is 0 Å². The van der Waals surface area contributed by atoms with E-state index in [0.717, 1.165) is 17.6 Å². The quantitative estimate of drug-likeness (QED) is 0.820. The zero-order chi connectivity index (χ0) is 13.1. The molecule has 0 fully saturated rings. The van der Waals surface area contributed by atoms with Crippen LogP contribution in [-0.4, -0.2) is 39.5 Å². The van der Waals surface area contributed by atoms with Gasteiger partial charge in [0, 0.05) is 18.7 Å². The number of ether oxygens (including phenoxy) is 1. The Bertz CT molecular complexity index is 522. The number of anilines is 1. The van der Waals surface area contributed by atoms with E-state index in [1.54, 1.807) is 11.6 Å². The van der Waals surface area contributed by atoms with Crippen LogP contribution in [-0.2, 0) is 4.74 Å². The number of aliphatic hydroxyl groups excluding tert-OH is 1. The van der Waals surface area contributed by atoms with Crippen LogP contribution in [0.5, 0.6) is 0 Å². The van der Waals surface area contributed by atoms with Crippen molar-refractivity contribution in [3.05, 3.63) is 24.2 Å². The highest BCUT2D eigenvalue weighted by Gasteiger charge is 2.17. The summed E-state index contributed by atoms with van der Waals surface area (Å²) in [6.07, 6.45) is 2.01. The first-order chi connectivity index (χ1) is 8.67. The van der Waals surface area contributed by atoms with Crippen molar-refractivity contribution in [1.82, 2.24) is 14.6 Å². The van der Waals surface area contributed by atoms with Gasteiger partial charge in [-0.3, -0.25) is 0 Å². The number of rotatable bonds is 5. The number of aromatic nitrogens is 3. The fourth-order valence-electron chi connectivity index (χ4n) is 2.11. The van der Waals surface area contributed by atoms with E-state index >= 15 is 0 Å². The molecule has 6 nitrogen and oxygen atoms in total. The average molecular weight is 250 g/mol. The normalized spacial score (nSPS) is 14.8. The molecule has 2 heterocycles. The van der Waals surface area contributed by atoms with Crippen LogP contribution in [0.1, 0.15) is 25.0 Å². The van der Waals surface area contributed by atoms with Gasteiger partial charge in [-0.05, 0) is 18.6 Å². The molecule has 2 rings (SSSR count). The maximum atomic E-state index is 9.15. The minimum absolute atomic E-state index is 0.0151. The van der Waals surface area contributed by atoms with E-state index in [4.69, 9.17) is 15.6 Å². The third kappa shape index (κ3) is 2.30. The van der Waals surface area contributed by atoms with Gasteiger partial charge in [-0.25, -0.2) is 9.50 Å². The Hall–Kier alpha value is -1.66. The van der Waals surface area contributed by atoms with Crippen molar-refractivity contribution in [1.29, 1.82) is 0 Å². The van der Waals surface area contributed by atoms with E-state index in [2.05, 4.69) is 17.0 Å². The van der Waals surface area contributed by atoms with Crippen LogP contribution in [0, 0.1) is 0 Å². The molecule has 0 spiro atoms. The lowest BCUT2D eigenvalue weighted by Gasteiger charge is -2.17. The predicted molar refractivity (Wildman–Crippen MR) is 68.3 cm³/mol. The summed E-state index contributed by atoms with van der Waals surface area (Å²) < 4.78 is 6.98. The lowest BCUT2D eigenvalue weighted by Crippen LogP contribution is -2.19. The molecule has 2 atom stereocenters. The number of nitrogen functional groups attached to an aromatic ring is 1. The first-order valence-electron chi connectivity index (χ1n) is 5.89. The molecule has 0 radical (unpaired) electrons. The predicted octanol–water partition coefficient (Wildman–Crippen LogP) is 0.812. The summed E-state index contributed by atoms with van der Waals surface area (Å²) in [5, 5.41) is 13.4. The molecule has 0 aromatic carbocycles. The molecule has 0 aliphatic rings. The fourth-order valence-corrected chi connectivity index (χ4v) is 2.11. The number of hydrogen-bond donors (Lipinski definition) is 2. The number of fused-ring (bicyclic) bond motifs is 1. The summed E-state index contributed by atoms with van der Waals surface area (Å²) in [7, 11) is 1.60. The number of hydrogen-bond acceptors (Lipinski definition) is 5. The zero-order valence-electron chi connectivity index (χ0n) is 10.6. The third-order valence-electron chi connectivity index (χ3n) is 3.17. The summed E-state index contributed by atoms with van der Waals surface area (Å²) in [4.78, 5) is 3.95. The second kappa shape index (κ2) is 5.32. The number of methoxy groups -OCH3 is 1. The summed E-state index contributed by atoms with van der Waals surface area (Å²) in [5.74, 6) is 0.674. The van der Waals surface area contributed by atoms with Crippen molar-refractivity contribution in [2.24, 2.45) is 0 Å². The maximum Gasteiger partial charge on any atom is 0.151 e. The van der Waals surface area contributed by atoms with Gasteiger partial charge in [0.15, 0.2) is 5.82 Å². The molecule has 2 aromatic heterocycles. The van der Waals surface area contributed by atoms with Crippen LogP contribution in [0.25, 0.3) is 5.52 Å². The molecule has 0 aliphatic carbocycles. The highest BCUT2D eigenvalue weighted by Crippen LogP contribution is 2.24. The van der Waals surface area contributed by atoms with Crippen LogP contribution in [0.4, 0.5) is 5.82 Å². The standard InChI is InChI=1S/C12H18N4O2/c1-8(5-9(6-17)18-2)10-3-4-11-12(13)14-7-15-16(10)11/h3-4,7-9,17H,5-6H2,1-2H3,(H2,13,14,15). The molecule has 0 saturated carbocycles. The van der Waals surface area contributed by atoms with Gasteiger partial charge in [-0.2, -0.15) is 5.10 Å². The van der Waals surface area contributed by atoms with E-state index in [1.807, 2.05) is 12.1 Å². The zero-order valence-corrected chi connectivity index (χ0v) is 10.6. The van der Waals surface area contributed by atoms with E-state index in [-0.39, 0.29) is 18.6 Å². The molecule has 6 heteroatoms. The van der Waals surface area contributed by atoms with Crippen LogP contribution >= 0.6 is 0 Å². The van der Waals surface area contributed by atoms with Crippen molar-refractivity contribution < 1.29 is 9.84 Å². The van der Waals surface area contributed by atoms with E-state index in [9.17, 15) is 0 Å². The average Bonchev–Trinajstić information content (AvgIpc) is 2.81. The molecule has 18 heavy (non-hydrogen) atoms. The molecule has 0 saturated heterocycles. The smallest absolute Gasteiger partial charge is 0.151 e. The van der Waals surface area contributed by atoms with Crippen molar-refractivity contribution in [3.63, 3.8) is 0 Å². The van der Waals surface area contributed by atoms with Gasteiger partial charge < -0.3 is 15.6 Å². The Morgan fingerprint density at radius 3 is 2.94 bits per heavy atom. The Morgan fingerprint density at radius 2 is 2.28 bits per heavy atom. The second-order valence-corrected chi connectivity index (χ2v) is 4.38. The molecule has 98 valence electrons. The summed E-state index contributed by atoms with van der Waals surface area (Å²) in [6.45, 7) is 2.09. The number of aliphatic hydroxyl groups is 1. The molecule has 2 unspecified atom stereocenters. The summed E-state index contributed by atoms with van der Waals surface area (Å²) in [6, 6.07) is 3.89. The Balaban J connectivity index is 2.28. The highest BCUT2D eigenvalue weighted by atomic mass is 16.5. The van der Waals surface area contributed by atoms with E-state index in [1.165, 1.54) is 6.33 Å². The van der Waals surface area contributed by atoms with Crippen LogP contribution in [0.15, 0.2) is 18.5 Å². The minimum atomic E-state index is -0.162. The molecular weight excluding hydrogens is 232 g/mol. The molecule has 0 bridgehead atoms. The van der Waals surface area contributed by atoms with Crippen molar-refractivity contribution in [2.45, 2.75) is 25.4 Å². The van der Waals surface area contributed by atoms with Gasteiger partial charge in [0.1, 0.15) is 11.8 Å². The number of nitrogens with zero attached hydrogens (tertiary/aromatic N) is 3. The Labute approximate surface area is 105 Å². The monoisotopic (exact) mass is 250 g/mol. The lowest BCUT2D eigenvalue weighted by molar-refractivity contribution is 0.0390. The Morgan fingerprint density at radius 1 is 1.50 bits per heavy atom. The molecule has 0 aliphatic heterocycles. The summed E-state index contributed by atoms with van der Waals surface area (Å²) in [5.41, 5.74) is 7.63. The van der Waals surface area contributed by atoms with Gasteiger partial charge in [-0.1, -0.05) is 6.92 Å². The van der Waals surface area contributed by atoms with Crippen LogP contribution in [0.3, 0.4) is 0 Å². The first-order valence-corrected chi connectivity index (χ1v) is 5.89. The topological polar surface area (TPSA) is 85.7 Å². The van der Waals surface area contributed by atoms with Gasteiger partial charge in [0.2, 0.25) is 0 Å². The second-order valence-electron chi connectivity index (χ2n) is 4.38. The third-order valence-corrected chi connectivity index (χ3v) is 3.17.